The van der Waals surface area contributed by atoms with Crippen LogP contribution in [0, 0.1) is 5.41 Å². The summed E-state index contributed by atoms with van der Waals surface area (Å²) in [5.74, 6) is 0. The molecule has 0 aromatic rings. The third-order valence-electron chi connectivity index (χ3n) is 3.94. The zero-order chi connectivity index (χ0) is 12.8. The monoisotopic (exact) mass is 262 g/mol. The number of ether oxygens (including phenoxy) is 1. The van der Waals surface area contributed by atoms with Crippen LogP contribution in [0.5, 0.6) is 0 Å². The van der Waals surface area contributed by atoms with E-state index in [1.165, 1.54) is 19.3 Å². The Morgan fingerprint density at radius 2 is 1.65 bits per heavy atom. The van der Waals surface area contributed by atoms with Gasteiger partial charge in [-0.1, -0.05) is 13.3 Å². The number of rotatable bonds is 9. The van der Waals surface area contributed by atoms with Crippen molar-refractivity contribution in [1.29, 1.82) is 0 Å². The Bertz CT molecular complexity index is 201. The zero-order valence-electron chi connectivity index (χ0n) is 11.6. The van der Waals surface area contributed by atoms with Gasteiger partial charge in [0, 0.05) is 32.8 Å². The van der Waals surface area contributed by atoms with E-state index in [4.69, 9.17) is 18.0 Å². The van der Waals surface area contributed by atoms with Crippen LogP contribution in [0.2, 0.25) is 6.04 Å². The highest BCUT2D eigenvalue weighted by molar-refractivity contribution is 6.60. The Morgan fingerprint density at radius 3 is 2.00 bits per heavy atom. The van der Waals surface area contributed by atoms with Crippen LogP contribution in [0.15, 0.2) is 0 Å². The van der Waals surface area contributed by atoms with Gasteiger partial charge in [-0.05, 0) is 19.3 Å². The Labute approximate surface area is 106 Å². The summed E-state index contributed by atoms with van der Waals surface area (Å²) in [6, 6.07) is 0.900. The molecule has 0 unspecified atom stereocenters. The fourth-order valence-corrected chi connectivity index (χ4v) is 4.11. The number of hydrogen-bond acceptors (Lipinski definition) is 4. The van der Waals surface area contributed by atoms with Crippen molar-refractivity contribution in [3.63, 3.8) is 0 Å². The predicted molar refractivity (Wildman–Crippen MR) is 69.0 cm³/mol. The van der Waals surface area contributed by atoms with Crippen molar-refractivity contribution in [3.05, 3.63) is 0 Å². The van der Waals surface area contributed by atoms with Gasteiger partial charge in [0.1, 0.15) is 0 Å². The van der Waals surface area contributed by atoms with E-state index < -0.39 is 8.80 Å². The molecule has 1 fully saturated rings. The molecule has 0 atom stereocenters. The summed E-state index contributed by atoms with van der Waals surface area (Å²) in [5.41, 5.74) is 0.456. The van der Waals surface area contributed by atoms with Crippen LogP contribution in [0.1, 0.15) is 32.6 Å². The highest BCUT2D eigenvalue weighted by Crippen LogP contribution is 2.37. The second kappa shape index (κ2) is 6.85. The third-order valence-corrected chi connectivity index (χ3v) is 6.77. The maximum absolute atomic E-state index is 5.40. The summed E-state index contributed by atoms with van der Waals surface area (Å²) < 4.78 is 21.5. The Hall–Kier alpha value is 0.0569. The van der Waals surface area contributed by atoms with Gasteiger partial charge in [-0.25, -0.2) is 0 Å². The second-order valence-corrected chi connectivity index (χ2v) is 7.94. The molecule has 0 N–H and O–H groups in total. The molecular weight excluding hydrogens is 236 g/mol. The van der Waals surface area contributed by atoms with Crippen LogP contribution in [0.25, 0.3) is 0 Å². The summed E-state index contributed by atoms with van der Waals surface area (Å²) in [5, 5.41) is 0. The molecule has 1 aliphatic heterocycles. The van der Waals surface area contributed by atoms with Gasteiger partial charge in [0.05, 0.1) is 13.2 Å². The minimum absolute atomic E-state index is 0.456. The van der Waals surface area contributed by atoms with E-state index in [1.54, 1.807) is 21.3 Å². The molecular formula is C12H26O4Si. The molecule has 0 spiro atoms. The Morgan fingerprint density at radius 1 is 1.06 bits per heavy atom. The lowest BCUT2D eigenvalue weighted by Crippen LogP contribution is -2.43. The average Bonchev–Trinajstić information content (AvgIpc) is 2.33. The molecule has 0 amide bonds. The molecule has 0 aliphatic carbocycles. The lowest BCUT2D eigenvalue weighted by molar-refractivity contribution is -0.120. The van der Waals surface area contributed by atoms with Crippen molar-refractivity contribution in [3.8, 4) is 0 Å². The average molecular weight is 262 g/mol. The van der Waals surface area contributed by atoms with E-state index in [2.05, 4.69) is 6.92 Å². The van der Waals surface area contributed by atoms with Gasteiger partial charge in [0.2, 0.25) is 0 Å². The van der Waals surface area contributed by atoms with Crippen LogP contribution >= 0.6 is 0 Å². The molecule has 0 saturated carbocycles. The molecule has 0 aromatic carbocycles. The zero-order valence-corrected chi connectivity index (χ0v) is 12.6. The van der Waals surface area contributed by atoms with Crippen LogP contribution in [-0.4, -0.2) is 43.3 Å². The molecule has 4 nitrogen and oxygen atoms in total. The number of unbranched alkanes of at least 4 members (excludes halogenated alkanes) is 1. The van der Waals surface area contributed by atoms with E-state index in [1.807, 2.05) is 0 Å². The van der Waals surface area contributed by atoms with Gasteiger partial charge >= 0.3 is 8.80 Å². The molecule has 0 aromatic heterocycles. The molecule has 1 saturated heterocycles. The first-order valence-electron chi connectivity index (χ1n) is 6.39. The maximum Gasteiger partial charge on any atom is 0.500 e. The van der Waals surface area contributed by atoms with Crippen LogP contribution < -0.4 is 0 Å². The highest BCUT2D eigenvalue weighted by Gasteiger charge is 2.39. The fourth-order valence-electron chi connectivity index (χ4n) is 2.31. The van der Waals surface area contributed by atoms with E-state index in [-0.39, 0.29) is 0 Å². The molecule has 1 aliphatic rings. The molecule has 0 bridgehead atoms. The Kier molecular flexibility index (Phi) is 6.09. The van der Waals surface area contributed by atoms with Gasteiger partial charge < -0.3 is 18.0 Å². The van der Waals surface area contributed by atoms with Crippen molar-refractivity contribution >= 4 is 8.80 Å². The van der Waals surface area contributed by atoms with E-state index in [0.717, 1.165) is 25.7 Å². The summed E-state index contributed by atoms with van der Waals surface area (Å²) in [4.78, 5) is 0. The molecule has 1 rings (SSSR count). The molecule has 0 radical (unpaired) electrons. The van der Waals surface area contributed by atoms with Crippen LogP contribution in [0.3, 0.4) is 0 Å². The van der Waals surface area contributed by atoms with Gasteiger partial charge in [0.15, 0.2) is 0 Å². The molecule has 17 heavy (non-hydrogen) atoms. The lowest BCUT2D eigenvalue weighted by atomic mass is 9.79. The van der Waals surface area contributed by atoms with Crippen molar-refractivity contribution in [1.82, 2.24) is 0 Å². The molecule has 102 valence electrons. The van der Waals surface area contributed by atoms with Gasteiger partial charge in [-0.2, -0.15) is 0 Å². The number of hydrogen-bond donors (Lipinski definition) is 0. The largest absolute Gasteiger partial charge is 0.500 e. The minimum Gasteiger partial charge on any atom is -0.380 e. The summed E-state index contributed by atoms with van der Waals surface area (Å²) in [6.45, 7) is 4.12. The Balaban J connectivity index is 2.22. The fraction of sp³-hybridized carbons (Fsp3) is 1.00. The molecule has 1 heterocycles. The normalized spacial score (nSPS) is 19.1. The van der Waals surface area contributed by atoms with Gasteiger partial charge in [0.25, 0.3) is 0 Å². The van der Waals surface area contributed by atoms with E-state index in [0.29, 0.717) is 5.41 Å². The van der Waals surface area contributed by atoms with Crippen molar-refractivity contribution in [2.45, 2.75) is 38.7 Å². The van der Waals surface area contributed by atoms with Crippen molar-refractivity contribution in [2.24, 2.45) is 5.41 Å². The highest BCUT2D eigenvalue weighted by atomic mass is 28.4. The summed E-state index contributed by atoms with van der Waals surface area (Å²) in [7, 11) is 2.67. The van der Waals surface area contributed by atoms with Crippen LogP contribution in [-0.2, 0) is 18.0 Å². The van der Waals surface area contributed by atoms with Crippen LogP contribution in [0.4, 0.5) is 0 Å². The summed E-state index contributed by atoms with van der Waals surface area (Å²) in [6.07, 6.45) is 4.76. The predicted octanol–water partition coefficient (Wildman–Crippen LogP) is 2.46. The van der Waals surface area contributed by atoms with Crippen molar-refractivity contribution in [2.75, 3.05) is 34.5 Å². The maximum atomic E-state index is 5.40. The first-order valence-corrected chi connectivity index (χ1v) is 8.32. The third kappa shape index (κ3) is 3.76. The second-order valence-electron chi connectivity index (χ2n) is 4.85. The first-order chi connectivity index (χ1) is 8.16. The summed E-state index contributed by atoms with van der Waals surface area (Å²) >= 11 is 0. The smallest absolute Gasteiger partial charge is 0.380 e. The SMILES string of the molecule is CCC1(CCCC[Si](OC)(OC)OC)COC1. The van der Waals surface area contributed by atoms with E-state index >= 15 is 0 Å². The molecule has 5 heteroatoms. The van der Waals surface area contributed by atoms with E-state index in [9.17, 15) is 0 Å². The minimum atomic E-state index is -2.35. The van der Waals surface area contributed by atoms with Crippen molar-refractivity contribution < 1.29 is 18.0 Å². The first kappa shape index (κ1) is 15.1. The van der Waals surface area contributed by atoms with Gasteiger partial charge in [-0.15, -0.1) is 0 Å². The topological polar surface area (TPSA) is 36.9 Å². The van der Waals surface area contributed by atoms with Gasteiger partial charge in [-0.3, -0.25) is 0 Å². The standard InChI is InChI=1S/C12H26O4Si/c1-5-12(10-16-11-12)8-6-7-9-17(13-2,14-3)15-4/h5-11H2,1-4H3. The lowest BCUT2D eigenvalue weighted by Gasteiger charge is -2.41. The quantitative estimate of drug-likeness (QED) is 0.472.